The van der Waals surface area contributed by atoms with E-state index in [9.17, 15) is 5.11 Å². The number of para-hydroxylation sites is 1. The number of rotatable bonds is 16. The summed E-state index contributed by atoms with van der Waals surface area (Å²) in [6, 6.07) is 8.08. The molecular weight excluding hydrogens is 316 g/mol. The molecule has 1 heteroatoms. The number of phenolic OH excluding ortho intramolecular Hbond substituents is 1. The zero-order valence-electron chi connectivity index (χ0n) is 17.8. The van der Waals surface area contributed by atoms with Crippen molar-refractivity contribution in [2.45, 2.75) is 117 Å². The molecule has 0 heterocycles. The van der Waals surface area contributed by atoms with Crippen LogP contribution >= 0.6 is 0 Å². The summed E-state index contributed by atoms with van der Waals surface area (Å²) in [6.07, 6.45) is 18.6. The number of hydrogen-bond donors (Lipinski definition) is 1. The molecule has 1 aromatic carbocycles. The first-order chi connectivity index (χ1) is 12.7. The quantitative estimate of drug-likeness (QED) is 0.292. The van der Waals surface area contributed by atoms with E-state index in [1.165, 1.54) is 95.5 Å². The minimum Gasteiger partial charge on any atom is -0.508 e. The SMILES string of the molecule is CCCCCCCCC(c1ccccc1O)C(CC)CCCCCCC. The molecule has 1 aromatic rings. The van der Waals surface area contributed by atoms with Crippen LogP contribution in [0.15, 0.2) is 24.3 Å². The van der Waals surface area contributed by atoms with Gasteiger partial charge in [0.1, 0.15) is 5.75 Å². The molecule has 1 nitrogen and oxygen atoms in total. The maximum atomic E-state index is 10.4. The molecule has 1 rings (SSSR count). The molecule has 0 saturated heterocycles. The zero-order valence-corrected chi connectivity index (χ0v) is 17.8. The van der Waals surface area contributed by atoms with Crippen LogP contribution in [0.1, 0.15) is 122 Å². The van der Waals surface area contributed by atoms with Crippen molar-refractivity contribution in [3.8, 4) is 5.75 Å². The monoisotopic (exact) mass is 360 g/mol. The zero-order chi connectivity index (χ0) is 19.0. The number of aromatic hydroxyl groups is 1. The van der Waals surface area contributed by atoms with Crippen LogP contribution in [0, 0.1) is 5.92 Å². The largest absolute Gasteiger partial charge is 0.508 e. The predicted molar refractivity (Wildman–Crippen MR) is 116 cm³/mol. The summed E-state index contributed by atoms with van der Waals surface area (Å²) in [5.41, 5.74) is 1.20. The maximum Gasteiger partial charge on any atom is 0.119 e. The van der Waals surface area contributed by atoms with Gasteiger partial charge in [-0.2, -0.15) is 0 Å². The molecule has 0 radical (unpaired) electrons. The molecule has 26 heavy (non-hydrogen) atoms. The summed E-state index contributed by atoms with van der Waals surface area (Å²) in [5, 5.41) is 10.4. The van der Waals surface area contributed by atoms with Gasteiger partial charge < -0.3 is 5.11 Å². The van der Waals surface area contributed by atoms with Crippen LogP contribution in [0.5, 0.6) is 5.75 Å². The number of unbranched alkanes of at least 4 members (excludes halogenated alkanes) is 9. The van der Waals surface area contributed by atoms with Gasteiger partial charge in [-0.1, -0.05) is 116 Å². The third-order valence-electron chi connectivity index (χ3n) is 5.98. The molecule has 150 valence electrons. The van der Waals surface area contributed by atoms with Crippen molar-refractivity contribution in [1.82, 2.24) is 0 Å². The van der Waals surface area contributed by atoms with E-state index < -0.39 is 0 Å². The highest BCUT2D eigenvalue weighted by molar-refractivity contribution is 5.35. The normalized spacial score (nSPS) is 13.7. The van der Waals surface area contributed by atoms with E-state index in [0.717, 1.165) is 0 Å². The standard InChI is InChI=1S/C25H44O/c1-4-7-9-11-13-15-19-23(24-20-16-17-21-25(24)26)22(6-3)18-14-12-10-8-5-2/h16-17,20-23,26H,4-15,18-19H2,1-3H3. The highest BCUT2D eigenvalue weighted by Crippen LogP contribution is 2.39. The van der Waals surface area contributed by atoms with Crippen LogP contribution in [0.25, 0.3) is 0 Å². The second-order valence-electron chi connectivity index (χ2n) is 8.09. The van der Waals surface area contributed by atoms with E-state index in [1.54, 1.807) is 0 Å². The molecule has 0 fully saturated rings. The Morgan fingerprint density at radius 1 is 0.692 bits per heavy atom. The Bertz CT molecular complexity index is 440. The van der Waals surface area contributed by atoms with Gasteiger partial charge in [0.05, 0.1) is 0 Å². The lowest BCUT2D eigenvalue weighted by atomic mass is 9.78. The fourth-order valence-corrected chi connectivity index (χ4v) is 4.29. The molecule has 0 saturated carbocycles. The highest BCUT2D eigenvalue weighted by Gasteiger charge is 2.23. The van der Waals surface area contributed by atoms with Crippen molar-refractivity contribution in [2.24, 2.45) is 5.92 Å². The number of phenols is 1. The van der Waals surface area contributed by atoms with Crippen LogP contribution < -0.4 is 0 Å². The second kappa shape index (κ2) is 15.1. The first-order valence-electron chi connectivity index (χ1n) is 11.5. The summed E-state index contributed by atoms with van der Waals surface area (Å²) >= 11 is 0. The fourth-order valence-electron chi connectivity index (χ4n) is 4.29. The van der Waals surface area contributed by atoms with Crippen LogP contribution in [0.4, 0.5) is 0 Å². The van der Waals surface area contributed by atoms with Gasteiger partial charge in [-0.15, -0.1) is 0 Å². The highest BCUT2D eigenvalue weighted by atomic mass is 16.3. The molecule has 0 spiro atoms. The topological polar surface area (TPSA) is 20.2 Å². The first-order valence-corrected chi connectivity index (χ1v) is 11.5. The van der Waals surface area contributed by atoms with E-state index in [4.69, 9.17) is 0 Å². The van der Waals surface area contributed by atoms with E-state index in [1.807, 2.05) is 12.1 Å². The third kappa shape index (κ3) is 9.10. The van der Waals surface area contributed by atoms with Crippen molar-refractivity contribution in [1.29, 1.82) is 0 Å². The van der Waals surface area contributed by atoms with E-state index in [0.29, 0.717) is 17.6 Å². The Kier molecular flexibility index (Phi) is 13.4. The number of benzene rings is 1. The van der Waals surface area contributed by atoms with E-state index >= 15 is 0 Å². The average Bonchev–Trinajstić information content (AvgIpc) is 2.66. The molecule has 0 aromatic heterocycles. The first kappa shape index (κ1) is 23.1. The average molecular weight is 361 g/mol. The third-order valence-corrected chi connectivity index (χ3v) is 5.98. The predicted octanol–water partition coefficient (Wildman–Crippen LogP) is 8.61. The van der Waals surface area contributed by atoms with Crippen molar-refractivity contribution >= 4 is 0 Å². The summed E-state index contributed by atoms with van der Waals surface area (Å²) in [5.74, 6) is 1.74. The summed E-state index contributed by atoms with van der Waals surface area (Å²) in [4.78, 5) is 0. The van der Waals surface area contributed by atoms with Gasteiger partial charge in [0.15, 0.2) is 0 Å². The molecule has 1 N–H and O–H groups in total. The van der Waals surface area contributed by atoms with Crippen LogP contribution in [-0.2, 0) is 0 Å². The summed E-state index contributed by atoms with van der Waals surface area (Å²) in [7, 11) is 0. The summed E-state index contributed by atoms with van der Waals surface area (Å²) < 4.78 is 0. The fraction of sp³-hybridized carbons (Fsp3) is 0.760. The van der Waals surface area contributed by atoms with Crippen molar-refractivity contribution in [3.63, 3.8) is 0 Å². The van der Waals surface area contributed by atoms with Gasteiger partial charge in [0.25, 0.3) is 0 Å². The Morgan fingerprint density at radius 2 is 1.23 bits per heavy atom. The molecule has 0 aliphatic rings. The van der Waals surface area contributed by atoms with Gasteiger partial charge >= 0.3 is 0 Å². The Balaban J connectivity index is 2.61. The molecule has 2 atom stereocenters. The van der Waals surface area contributed by atoms with Gasteiger partial charge in [0, 0.05) is 0 Å². The lowest BCUT2D eigenvalue weighted by molar-refractivity contribution is 0.333. The molecule has 0 aliphatic heterocycles. The van der Waals surface area contributed by atoms with Crippen molar-refractivity contribution in [3.05, 3.63) is 29.8 Å². The van der Waals surface area contributed by atoms with Crippen LogP contribution in [0.3, 0.4) is 0 Å². The minimum atomic E-state index is 0.507. The molecular formula is C25H44O. The summed E-state index contributed by atoms with van der Waals surface area (Å²) in [6.45, 7) is 6.90. The second-order valence-corrected chi connectivity index (χ2v) is 8.09. The maximum absolute atomic E-state index is 10.4. The molecule has 0 aliphatic carbocycles. The Hall–Kier alpha value is -0.980. The molecule has 0 bridgehead atoms. The van der Waals surface area contributed by atoms with Crippen molar-refractivity contribution < 1.29 is 5.11 Å². The van der Waals surface area contributed by atoms with Gasteiger partial charge in [-0.25, -0.2) is 0 Å². The smallest absolute Gasteiger partial charge is 0.119 e. The minimum absolute atomic E-state index is 0.507. The molecule has 2 unspecified atom stereocenters. The Morgan fingerprint density at radius 3 is 1.81 bits per heavy atom. The Labute approximate surface area is 163 Å². The van der Waals surface area contributed by atoms with Crippen molar-refractivity contribution in [2.75, 3.05) is 0 Å². The van der Waals surface area contributed by atoms with Crippen LogP contribution in [-0.4, -0.2) is 5.11 Å². The van der Waals surface area contributed by atoms with Gasteiger partial charge in [0.2, 0.25) is 0 Å². The van der Waals surface area contributed by atoms with Gasteiger partial charge in [-0.3, -0.25) is 0 Å². The molecule has 0 amide bonds. The van der Waals surface area contributed by atoms with E-state index in [2.05, 4.69) is 32.9 Å². The number of hydrogen-bond acceptors (Lipinski definition) is 1. The van der Waals surface area contributed by atoms with E-state index in [-0.39, 0.29) is 0 Å². The van der Waals surface area contributed by atoms with Crippen LogP contribution in [0.2, 0.25) is 0 Å². The van der Waals surface area contributed by atoms with Gasteiger partial charge in [-0.05, 0) is 36.3 Å². The lowest BCUT2D eigenvalue weighted by Gasteiger charge is -2.28. The lowest BCUT2D eigenvalue weighted by Crippen LogP contribution is -2.13.